The summed E-state index contributed by atoms with van der Waals surface area (Å²) in [4.78, 5) is 7.90. The quantitative estimate of drug-likeness (QED) is 0.819. The van der Waals surface area contributed by atoms with Crippen LogP contribution in [0.3, 0.4) is 0 Å². The molecule has 1 aliphatic heterocycles. The maximum Gasteiger partial charge on any atom is 0.246 e. The standard InChI is InChI=1S/C16H18FN3O3S/c17-15-3-1-2-4-16(15)24(21,22)20-9-10-23-12-14(20)6-5-13-11-18-7-8-19-13/h1-4,7-8,11,14H,5-6,9-10,12H2/t14-/m1/s1. The Balaban J connectivity index is 1.80. The van der Waals surface area contributed by atoms with Crippen LogP contribution < -0.4 is 0 Å². The minimum atomic E-state index is -3.90. The molecule has 1 aliphatic rings. The van der Waals surface area contributed by atoms with E-state index in [-0.39, 0.29) is 24.1 Å². The average Bonchev–Trinajstić information content (AvgIpc) is 2.61. The molecule has 0 unspecified atom stereocenters. The molecule has 1 atom stereocenters. The van der Waals surface area contributed by atoms with Gasteiger partial charge in [-0.3, -0.25) is 9.97 Å². The normalized spacial score (nSPS) is 19.3. The van der Waals surface area contributed by atoms with Gasteiger partial charge in [-0.2, -0.15) is 4.31 Å². The first kappa shape index (κ1) is 16.9. The highest BCUT2D eigenvalue weighted by molar-refractivity contribution is 7.89. The Kier molecular flexibility index (Phi) is 5.17. The molecule has 2 heterocycles. The van der Waals surface area contributed by atoms with Crippen molar-refractivity contribution in [2.75, 3.05) is 19.8 Å². The lowest BCUT2D eigenvalue weighted by Crippen LogP contribution is -2.48. The van der Waals surface area contributed by atoms with Crippen LogP contribution in [0.2, 0.25) is 0 Å². The van der Waals surface area contributed by atoms with Gasteiger partial charge in [-0.25, -0.2) is 12.8 Å². The number of rotatable bonds is 5. The number of sulfonamides is 1. The van der Waals surface area contributed by atoms with Gasteiger partial charge in [-0.15, -0.1) is 0 Å². The number of morpholine rings is 1. The van der Waals surface area contributed by atoms with Crippen LogP contribution in [-0.4, -0.2) is 48.5 Å². The van der Waals surface area contributed by atoms with Gasteiger partial charge >= 0.3 is 0 Å². The minimum Gasteiger partial charge on any atom is -0.378 e. The molecule has 0 radical (unpaired) electrons. The number of aryl methyl sites for hydroxylation is 1. The van der Waals surface area contributed by atoms with Crippen LogP contribution in [0.1, 0.15) is 12.1 Å². The van der Waals surface area contributed by atoms with Gasteiger partial charge in [0.2, 0.25) is 10.0 Å². The highest BCUT2D eigenvalue weighted by atomic mass is 32.2. The fraction of sp³-hybridized carbons (Fsp3) is 0.375. The Labute approximate surface area is 140 Å². The van der Waals surface area contributed by atoms with E-state index in [1.165, 1.54) is 22.5 Å². The van der Waals surface area contributed by atoms with Gasteiger partial charge in [0.05, 0.1) is 18.9 Å². The summed E-state index contributed by atoms with van der Waals surface area (Å²) in [5, 5.41) is 0. The average molecular weight is 351 g/mol. The number of ether oxygens (including phenoxy) is 1. The molecule has 2 aromatic rings. The molecule has 3 rings (SSSR count). The minimum absolute atomic E-state index is 0.210. The van der Waals surface area contributed by atoms with Crippen LogP contribution in [0, 0.1) is 5.82 Å². The third kappa shape index (κ3) is 3.61. The second kappa shape index (κ2) is 7.33. The van der Waals surface area contributed by atoms with E-state index >= 15 is 0 Å². The van der Waals surface area contributed by atoms with Crippen molar-refractivity contribution in [3.8, 4) is 0 Å². The third-order valence-corrected chi connectivity index (χ3v) is 5.93. The Morgan fingerprint density at radius 1 is 1.29 bits per heavy atom. The highest BCUT2D eigenvalue weighted by Gasteiger charge is 2.35. The van der Waals surface area contributed by atoms with Crippen molar-refractivity contribution in [1.29, 1.82) is 0 Å². The summed E-state index contributed by atoms with van der Waals surface area (Å²) in [5.41, 5.74) is 0.784. The molecule has 0 N–H and O–H groups in total. The van der Waals surface area contributed by atoms with Crippen molar-refractivity contribution in [2.24, 2.45) is 0 Å². The Hall–Kier alpha value is -1.90. The van der Waals surface area contributed by atoms with Crippen LogP contribution in [0.5, 0.6) is 0 Å². The van der Waals surface area contributed by atoms with E-state index in [0.29, 0.717) is 19.4 Å². The molecule has 0 aliphatic carbocycles. The molecule has 6 nitrogen and oxygen atoms in total. The number of nitrogens with zero attached hydrogens (tertiary/aromatic N) is 3. The zero-order valence-corrected chi connectivity index (χ0v) is 13.8. The molecule has 128 valence electrons. The topological polar surface area (TPSA) is 72.4 Å². The molecule has 0 bridgehead atoms. The van der Waals surface area contributed by atoms with Gasteiger partial charge in [0.15, 0.2) is 0 Å². The van der Waals surface area contributed by atoms with Gasteiger partial charge < -0.3 is 4.74 Å². The molecular weight excluding hydrogens is 333 g/mol. The van der Waals surface area contributed by atoms with Crippen LogP contribution in [-0.2, 0) is 21.2 Å². The zero-order valence-electron chi connectivity index (χ0n) is 13.0. The van der Waals surface area contributed by atoms with E-state index in [4.69, 9.17) is 4.74 Å². The number of halogens is 1. The van der Waals surface area contributed by atoms with Crippen molar-refractivity contribution in [2.45, 2.75) is 23.8 Å². The molecule has 1 aromatic carbocycles. The first-order valence-electron chi connectivity index (χ1n) is 7.68. The number of benzene rings is 1. The van der Waals surface area contributed by atoms with Crippen molar-refractivity contribution in [3.05, 3.63) is 54.4 Å². The lowest BCUT2D eigenvalue weighted by Gasteiger charge is -2.34. The number of hydrogen-bond acceptors (Lipinski definition) is 5. The zero-order chi connectivity index (χ0) is 17.0. The molecule has 1 saturated heterocycles. The van der Waals surface area contributed by atoms with Crippen LogP contribution in [0.4, 0.5) is 4.39 Å². The van der Waals surface area contributed by atoms with E-state index < -0.39 is 15.8 Å². The summed E-state index contributed by atoms with van der Waals surface area (Å²) in [6, 6.07) is 5.08. The molecular formula is C16H18FN3O3S. The summed E-state index contributed by atoms with van der Waals surface area (Å²) in [6.07, 6.45) is 5.94. The summed E-state index contributed by atoms with van der Waals surface area (Å²) < 4.78 is 46.4. The van der Waals surface area contributed by atoms with Gasteiger partial charge in [-0.05, 0) is 25.0 Å². The molecule has 0 amide bonds. The van der Waals surface area contributed by atoms with Crippen LogP contribution in [0.15, 0.2) is 47.8 Å². The highest BCUT2D eigenvalue weighted by Crippen LogP contribution is 2.24. The lowest BCUT2D eigenvalue weighted by molar-refractivity contribution is 0.0296. The summed E-state index contributed by atoms with van der Waals surface area (Å²) in [7, 11) is -3.90. The Morgan fingerprint density at radius 3 is 2.88 bits per heavy atom. The summed E-state index contributed by atoms with van der Waals surface area (Å²) in [6.45, 7) is 0.797. The fourth-order valence-electron chi connectivity index (χ4n) is 2.74. The Morgan fingerprint density at radius 2 is 2.12 bits per heavy atom. The molecule has 0 saturated carbocycles. The van der Waals surface area contributed by atoms with Crippen molar-refractivity contribution in [1.82, 2.24) is 14.3 Å². The van der Waals surface area contributed by atoms with Gasteiger partial charge in [0, 0.05) is 31.2 Å². The maximum atomic E-state index is 14.0. The fourth-order valence-corrected chi connectivity index (χ4v) is 4.43. The van der Waals surface area contributed by atoms with Crippen molar-refractivity contribution < 1.29 is 17.5 Å². The van der Waals surface area contributed by atoms with E-state index in [2.05, 4.69) is 9.97 Å². The van der Waals surface area contributed by atoms with Crippen LogP contribution >= 0.6 is 0 Å². The molecule has 1 fully saturated rings. The molecule has 8 heteroatoms. The molecule has 24 heavy (non-hydrogen) atoms. The lowest BCUT2D eigenvalue weighted by atomic mass is 10.1. The largest absolute Gasteiger partial charge is 0.378 e. The van der Waals surface area contributed by atoms with Crippen molar-refractivity contribution in [3.63, 3.8) is 0 Å². The van der Waals surface area contributed by atoms with Crippen LogP contribution in [0.25, 0.3) is 0 Å². The third-order valence-electron chi connectivity index (χ3n) is 3.95. The van der Waals surface area contributed by atoms with E-state index in [0.717, 1.165) is 11.8 Å². The maximum absolute atomic E-state index is 14.0. The van der Waals surface area contributed by atoms with E-state index in [9.17, 15) is 12.8 Å². The molecule has 1 aromatic heterocycles. The number of aromatic nitrogens is 2. The monoisotopic (exact) mass is 351 g/mol. The smallest absolute Gasteiger partial charge is 0.246 e. The van der Waals surface area contributed by atoms with Gasteiger partial charge in [0.1, 0.15) is 10.7 Å². The predicted molar refractivity (Wildman–Crippen MR) is 85.3 cm³/mol. The second-order valence-electron chi connectivity index (χ2n) is 5.51. The Bertz CT molecular complexity index is 786. The van der Waals surface area contributed by atoms with E-state index in [1.54, 1.807) is 18.6 Å². The van der Waals surface area contributed by atoms with E-state index in [1.807, 2.05) is 0 Å². The predicted octanol–water partition coefficient (Wildman–Crippen LogP) is 1.64. The summed E-state index contributed by atoms with van der Waals surface area (Å²) in [5.74, 6) is -0.739. The van der Waals surface area contributed by atoms with Gasteiger partial charge in [-0.1, -0.05) is 12.1 Å². The first-order valence-corrected chi connectivity index (χ1v) is 9.12. The first-order chi connectivity index (χ1) is 11.6. The number of hydrogen-bond donors (Lipinski definition) is 0. The second-order valence-corrected chi connectivity index (χ2v) is 7.37. The molecule has 0 spiro atoms. The SMILES string of the molecule is O=S(=O)(c1ccccc1F)N1CCOC[C@H]1CCc1cnccn1. The van der Waals surface area contributed by atoms with Crippen molar-refractivity contribution >= 4 is 10.0 Å². The summed E-state index contributed by atoms with van der Waals surface area (Å²) >= 11 is 0. The van der Waals surface area contributed by atoms with Gasteiger partial charge in [0.25, 0.3) is 0 Å².